The van der Waals surface area contributed by atoms with E-state index in [2.05, 4.69) is 64.8 Å². The van der Waals surface area contributed by atoms with Gasteiger partial charge in [-0.2, -0.15) is 0 Å². The molecule has 2 N–H and O–H groups in total. The van der Waals surface area contributed by atoms with Crippen molar-refractivity contribution in [2.45, 2.75) is 58.0 Å². The number of H-pyrrole nitrogens is 1. The SMILES string of the molecule is C=C(C(=O)N1C2CCC1CC2)c1cc2c(CCN3CCNCC3)c(-c3cc(C)cc(C)c3)[nH]c2s1. The number of nitrogens with zero attached hydrogens (tertiary/aromatic N) is 2. The van der Waals surface area contributed by atoms with E-state index in [1.807, 2.05) is 0 Å². The Kier molecular flexibility index (Phi) is 6.07. The second-order valence-corrected chi connectivity index (χ2v) is 11.8. The molecule has 6 heteroatoms. The Morgan fingerprint density at radius 3 is 2.34 bits per heavy atom. The van der Waals surface area contributed by atoms with Gasteiger partial charge in [0.1, 0.15) is 4.83 Å². The second-order valence-electron chi connectivity index (χ2n) is 10.7. The van der Waals surface area contributed by atoms with E-state index in [9.17, 15) is 4.79 Å². The van der Waals surface area contributed by atoms with Crippen molar-refractivity contribution < 1.29 is 4.79 Å². The fourth-order valence-electron chi connectivity index (χ4n) is 6.52. The number of rotatable bonds is 6. The Morgan fingerprint density at radius 1 is 1.03 bits per heavy atom. The summed E-state index contributed by atoms with van der Waals surface area (Å²) in [7, 11) is 0. The molecule has 3 saturated heterocycles. The van der Waals surface area contributed by atoms with Gasteiger partial charge in [0.2, 0.25) is 0 Å². The van der Waals surface area contributed by atoms with Crippen molar-refractivity contribution in [1.82, 2.24) is 20.1 Å². The minimum absolute atomic E-state index is 0.149. The zero-order chi connectivity index (χ0) is 24.1. The van der Waals surface area contributed by atoms with Crippen LogP contribution in [0.4, 0.5) is 0 Å². The van der Waals surface area contributed by atoms with Gasteiger partial charge >= 0.3 is 0 Å². The molecule has 3 aliphatic rings. The zero-order valence-corrected chi connectivity index (χ0v) is 21.8. The summed E-state index contributed by atoms with van der Waals surface area (Å²) in [5.41, 5.74) is 7.09. The van der Waals surface area contributed by atoms with E-state index in [0.29, 0.717) is 17.7 Å². The highest BCUT2D eigenvalue weighted by atomic mass is 32.1. The number of aromatic nitrogens is 1. The van der Waals surface area contributed by atoms with Crippen LogP contribution in [0.2, 0.25) is 0 Å². The van der Waals surface area contributed by atoms with E-state index in [1.54, 1.807) is 11.3 Å². The summed E-state index contributed by atoms with van der Waals surface area (Å²) in [6.07, 6.45) is 5.62. The van der Waals surface area contributed by atoms with Crippen LogP contribution in [0.15, 0.2) is 30.8 Å². The predicted octanol–water partition coefficient (Wildman–Crippen LogP) is 5.13. The number of carbonyl (C=O) groups excluding carboxylic acids is 1. The van der Waals surface area contributed by atoms with Gasteiger partial charge in [-0.1, -0.05) is 23.8 Å². The standard InChI is InChI=1S/C29H36N4OS/c1-18-14-19(2)16-21(15-18)27-24(8-11-32-12-9-30-10-13-32)25-17-26(35-28(25)31-27)20(3)29(34)33-22-4-5-23(33)7-6-22/h14-17,22-23,30-31H,3-13H2,1-2H3. The summed E-state index contributed by atoms with van der Waals surface area (Å²) in [5.74, 6) is 0.149. The van der Waals surface area contributed by atoms with Gasteiger partial charge in [0, 0.05) is 60.6 Å². The van der Waals surface area contributed by atoms with Gasteiger partial charge in [-0.15, -0.1) is 11.3 Å². The molecule has 35 heavy (non-hydrogen) atoms. The Hall–Kier alpha value is -2.41. The molecule has 0 atom stereocenters. The second kappa shape index (κ2) is 9.23. The number of carbonyl (C=O) groups is 1. The van der Waals surface area contributed by atoms with Gasteiger partial charge in [0.05, 0.1) is 5.69 Å². The van der Waals surface area contributed by atoms with Crippen LogP contribution in [0, 0.1) is 13.8 Å². The lowest BCUT2D eigenvalue weighted by molar-refractivity contribution is -0.126. The van der Waals surface area contributed by atoms with Crippen molar-refractivity contribution in [2.24, 2.45) is 0 Å². The number of hydrogen-bond acceptors (Lipinski definition) is 4. The van der Waals surface area contributed by atoms with Crippen LogP contribution >= 0.6 is 11.3 Å². The fourth-order valence-corrected chi connectivity index (χ4v) is 7.57. The third-order valence-electron chi connectivity index (χ3n) is 8.24. The Labute approximate surface area is 212 Å². The first-order chi connectivity index (χ1) is 17.0. The smallest absolute Gasteiger partial charge is 0.255 e. The van der Waals surface area contributed by atoms with Crippen LogP contribution in [-0.2, 0) is 11.2 Å². The van der Waals surface area contributed by atoms with Crippen molar-refractivity contribution >= 4 is 33.0 Å². The lowest BCUT2D eigenvalue weighted by atomic mass is 9.99. The average Bonchev–Trinajstić information content (AvgIpc) is 3.62. The number of benzene rings is 1. The Bertz CT molecular complexity index is 1240. The molecule has 0 aliphatic carbocycles. The maximum atomic E-state index is 13.4. The molecule has 0 spiro atoms. The van der Waals surface area contributed by atoms with Gasteiger partial charge in [0.15, 0.2) is 0 Å². The van der Waals surface area contributed by atoms with Crippen molar-refractivity contribution in [3.8, 4) is 11.3 Å². The molecule has 0 radical (unpaired) electrons. The van der Waals surface area contributed by atoms with E-state index < -0.39 is 0 Å². The van der Waals surface area contributed by atoms with Crippen molar-refractivity contribution in [3.63, 3.8) is 0 Å². The summed E-state index contributed by atoms with van der Waals surface area (Å²) < 4.78 is 0. The van der Waals surface area contributed by atoms with Crippen LogP contribution in [0.5, 0.6) is 0 Å². The summed E-state index contributed by atoms with van der Waals surface area (Å²) >= 11 is 1.69. The minimum Gasteiger partial charge on any atom is -0.346 e. The number of fused-ring (bicyclic) bond motifs is 3. The number of aromatic amines is 1. The lowest BCUT2D eigenvalue weighted by Gasteiger charge is -2.27. The highest BCUT2D eigenvalue weighted by Gasteiger charge is 2.42. The van der Waals surface area contributed by atoms with E-state index in [-0.39, 0.29) is 5.91 Å². The molecule has 3 fully saturated rings. The number of thiophene rings is 1. The van der Waals surface area contributed by atoms with Gasteiger partial charge in [-0.25, -0.2) is 0 Å². The third-order valence-corrected chi connectivity index (χ3v) is 9.35. The van der Waals surface area contributed by atoms with E-state index in [0.717, 1.165) is 74.5 Å². The Morgan fingerprint density at radius 2 is 1.69 bits per heavy atom. The van der Waals surface area contributed by atoms with Gasteiger partial charge in [0.25, 0.3) is 5.91 Å². The molecule has 184 valence electrons. The highest BCUT2D eigenvalue weighted by Crippen LogP contribution is 2.42. The van der Waals surface area contributed by atoms with Crippen LogP contribution in [0.1, 0.15) is 47.3 Å². The molecule has 1 amide bonds. The topological polar surface area (TPSA) is 51.4 Å². The van der Waals surface area contributed by atoms with Crippen LogP contribution in [0.3, 0.4) is 0 Å². The number of nitrogens with one attached hydrogen (secondary N) is 2. The van der Waals surface area contributed by atoms with Crippen LogP contribution < -0.4 is 5.32 Å². The zero-order valence-electron chi connectivity index (χ0n) is 21.0. The van der Waals surface area contributed by atoms with Gasteiger partial charge in [-0.05, 0) is 75.3 Å². The van der Waals surface area contributed by atoms with Crippen molar-refractivity contribution in [3.05, 3.63) is 52.4 Å². The minimum atomic E-state index is 0.149. The fraction of sp³-hybridized carbons (Fsp3) is 0.483. The number of piperazine rings is 1. The van der Waals surface area contributed by atoms with Gasteiger partial charge < -0.3 is 20.1 Å². The molecular formula is C29H36N4OS. The summed E-state index contributed by atoms with van der Waals surface area (Å²) in [4.78, 5) is 24.0. The van der Waals surface area contributed by atoms with Crippen LogP contribution in [-0.4, -0.2) is 65.5 Å². The third kappa shape index (κ3) is 4.26. The first-order valence-electron chi connectivity index (χ1n) is 13.2. The lowest BCUT2D eigenvalue weighted by Crippen LogP contribution is -2.44. The predicted molar refractivity (Wildman–Crippen MR) is 146 cm³/mol. The molecule has 3 aromatic rings. The molecule has 5 heterocycles. The van der Waals surface area contributed by atoms with E-state index in [1.165, 1.54) is 33.3 Å². The monoisotopic (exact) mass is 488 g/mol. The molecule has 1 aromatic carbocycles. The maximum absolute atomic E-state index is 13.4. The number of aryl methyl sites for hydroxylation is 2. The first kappa shape index (κ1) is 23.0. The maximum Gasteiger partial charge on any atom is 0.255 e. The number of hydrogen-bond donors (Lipinski definition) is 2. The molecule has 5 nitrogen and oxygen atoms in total. The first-order valence-corrected chi connectivity index (χ1v) is 14.0. The molecule has 2 aromatic heterocycles. The molecule has 0 unspecified atom stereocenters. The Balaban J connectivity index is 1.34. The molecule has 3 aliphatic heterocycles. The number of amides is 1. The summed E-state index contributed by atoms with van der Waals surface area (Å²) in [5, 5.41) is 4.71. The summed E-state index contributed by atoms with van der Waals surface area (Å²) in [6, 6.07) is 9.88. The van der Waals surface area contributed by atoms with Crippen molar-refractivity contribution in [1.29, 1.82) is 0 Å². The molecular weight excluding hydrogens is 452 g/mol. The highest BCUT2D eigenvalue weighted by molar-refractivity contribution is 7.20. The van der Waals surface area contributed by atoms with Crippen molar-refractivity contribution in [2.75, 3.05) is 32.7 Å². The van der Waals surface area contributed by atoms with E-state index >= 15 is 0 Å². The molecule has 6 rings (SSSR count). The van der Waals surface area contributed by atoms with Gasteiger partial charge in [-0.3, -0.25) is 4.79 Å². The van der Waals surface area contributed by atoms with Crippen LogP contribution in [0.25, 0.3) is 27.0 Å². The largest absolute Gasteiger partial charge is 0.346 e. The molecule has 2 bridgehead atoms. The normalized spacial score (nSPS) is 22.4. The quantitative estimate of drug-likeness (QED) is 0.473. The molecule has 0 saturated carbocycles. The summed E-state index contributed by atoms with van der Waals surface area (Å²) in [6.45, 7) is 14.0. The van der Waals surface area contributed by atoms with E-state index in [4.69, 9.17) is 0 Å². The average molecular weight is 489 g/mol.